The minimum absolute atomic E-state index is 0.0498. The highest BCUT2D eigenvalue weighted by Crippen LogP contribution is 2.42. The van der Waals surface area contributed by atoms with Crippen LogP contribution in [-0.4, -0.2) is 52.5 Å². The molecule has 9 heteroatoms. The van der Waals surface area contributed by atoms with Crippen molar-refractivity contribution in [1.82, 2.24) is 5.32 Å². The maximum atomic E-state index is 10.9. The molecule has 1 unspecified atom stereocenters. The molecule has 0 heterocycles. The third kappa shape index (κ3) is 10.2. The Bertz CT molecular complexity index is 216. The number of phosphoric acid groups is 1. The maximum absolute atomic E-state index is 10.9. The summed E-state index contributed by atoms with van der Waals surface area (Å²) in [5, 5.41) is 27.7. The van der Waals surface area contributed by atoms with Crippen LogP contribution in [-0.2, 0) is 13.6 Å². The first-order chi connectivity index (χ1) is 6.77. The number of hydrogen-bond donors (Lipinski definition) is 5. The van der Waals surface area contributed by atoms with Crippen molar-refractivity contribution in [3.05, 3.63) is 0 Å². The molecule has 0 aliphatic rings. The predicted molar refractivity (Wildman–Crippen MR) is 49.7 cm³/mol. The highest BCUT2D eigenvalue weighted by atomic mass is 31.2. The first kappa shape index (κ1) is 14.9. The number of rotatable bonds is 8. The van der Waals surface area contributed by atoms with Crippen LogP contribution in [0.3, 0.4) is 0 Å². The molecule has 0 fully saturated rings. The minimum Gasteiger partial charge on any atom is -0.343 e. The number of hydrogen-bond acceptors (Lipinski definition) is 7. The molecule has 0 radical (unpaired) electrons. The predicted octanol–water partition coefficient (Wildman–Crippen LogP) is -1.64. The summed E-state index contributed by atoms with van der Waals surface area (Å²) in [6, 6.07) is 0. The van der Waals surface area contributed by atoms with Gasteiger partial charge >= 0.3 is 7.82 Å². The van der Waals surface area contributed by atoms with Crippen molar-refractivity contribution in [1.29, 1.82) is 0 Å². The lowest BCUT2D eigenvalue weighted by Gasteiger charge is -2.15. The van der Waals surface area contributed by atoms with E-state index in [0.717, 1.165) is 0 Å². The van der Waals surface area contributed by atoms with Crippen LogP contribution >= 0.6 is 7.82 Å². The molecule has 1 atom stereocenters. The van der Waals surface area contributed by atoms with E-state index in [9.17, 15) is 4.57 Å². The van der Waals surface area contributed by atoms with Crippen LogP contribution in [0, 0.1) is 0 Å². The average Bonchev–Trinajstić information content (AvgIpc) is 2.00. The van der Waals surface area contributed by atoms with Gasteiger partial charge in [0.1, 0.15) is 0 Å². The number of phosphoric ester groups is 1. The van der Waals surface area contributed by atoms with Crippen molar-refractivity contribution in [2.45, 2.75) is 12.9 Å². The number of nitrogens with one attached hydrogen (secondary N) is 1. The van der Waals surface area contributed by atoms with Gasteiger partial charge in [-0.15, -0.1) is 0 Å². The third-order valence-corrected chi connectivity index (χ3v) is 2.28. The Balaban J connectivity index is 3.51. The van der Waals surface area contributed by atoms with Crippen molar-refractivity contribution in [3.63, 3.8) is 0 Å². The first-order valence-electron chi connectivity index (χ1n) is 4.26. The molecule has 0 saturated heterocycles. The fourth-order valence-electron chi connectivity index (χ4n) is 0.690. The smallest absolute Gasteiger partial charge is 0.343 e. The zero-order valence-electron chi connectivity index (χ0n) is 8.29. The zero-order chi connectivity index (χ0) is 11.9. The van der Waals surface area contributed by atoms with Gasteiger partial charge in [-0.2, -0.15) is 0 Å². The summed E-state index contributed by atoms with van der Waals surface area (Å²) in [5.41, 5.74) is 0. The molecule has 0 aliphatic carbocycles. The summed E-state index contributed by atoms with van der Waals surface area (Å²) < 4.78 is 19.8. The van der Waals surface area contributed by atoms with Crippen LogP contribution in [0.4, 0.5) is 0 Å². The highest BCUT2D eigenvalue weighted by Gasteiger charge is 2.20. The summed E-state index contributed by atoms with van der Waals surface area (Å²) in [6.45, 7) is 0.988. The Morgan fingerprint density at radius 3 is 2.40 bits per heavy atom. The van der Waals surface area contributed by atoms with Crippen LogP contribution < -0.4 is 5.32 Å². The maximum Gasteiger partial charge on any atom is 0.472 e. The van der Waals surface area contributed by atoms with E-state index in [0.29, 0.717) is 0 Å². The molecule has 0 amide bonds. The SMILES string of the molecule is CCOP(=O)(O)OCCNCC(O)(O)O. The minimum atomic E-state index is -4.00. The molecule has 0 aromatic rings. The molecule has 0 aliphatic heterocycles. The largest absolute Gasteiger partial charge is 0.472 e. The molecule has 0 aromatic carbocycles. The Kier molecular flexibility index (Phi) is 6.49. The average molecular weight is 245 g/mol. The fourth-order valence-corrected chi connectivity index (χ4v) is 1.41. The fraction of sp³-hybridized carbons (Fsp3) is 1.00. The molecule has 8 nitrogen and oxygen atoms in total. The molecule has 5 N–H and O–H groups in total. The van der Waals surface area contributed by atoms with Gasteiger partial charge in [0.2, 0.25) is 0 Å². The van der Waals surface area contributed by atoms with Crippen LogP contribution in [0.1, 0.15) is 6.92 Å². The van der Waals surface area contributed by atoms with E-state index >= 15 is 0 Å². The van der Waals surface area contributed by atoms with Crippen LogP contribution in [0.25, 0.3) is 0 Å². The lowest BCUT2D eigenvalue weighted by atomic mass is 10.5. The van der Waals surface area contributed by atoms with Crippen molar-refractivity contribution >= 4 is 7.82 Å². The van der Waals surface area contributed by atoms with E-state index in [2.05, 4.69) is 14.4 Å². The van der Waals surface area contributed by atoms with Gasteiger partial charge in [-0.05, 0) is 6.92 Å². The molecule has 92 valence electrons. The lowest BCUT2D eigenvalue weighted by Crippen LogP contribution is -2.41. The van der Waals surface area contributed by atoms with Crippen LogP contribution in [0.15, 0.2) is 0 Å². The molecular weight excluding hydrogens is 229 g/mol. The summed E-state index contributed by atoms with van der Waals surface area (Å²) in [7, 11) is -4.00. The van der Waals surface area contributed by atoms with Crippen molar-refractivity contribution in [2.24, 2.45) is 0 Å². The van der Waals surface area contributed by atoms with E-state index in [1.165, 1.54) is 0 Å². The van der Waals surface area contributed by atoms with Gasteiger partial charge in [0, 0.05) is 6.54 Å². The van der Waals surface area contributed by atoms with Crippen molar-refractivity contribution < 1.29 is 33.8 Å². The second-order valence-corrected chi connectivity index (χ2v) is 4.12. The molecule has 0 bridgehead atoms. The third-order valence-electron chi connectivity index (χ3n) is 1.19. The second-order valence-electron chi connectivity index (χ2n) is 2.67. The molecule has 0 saturated carbocycles. The Labute approximate surface area is 87.1 Å². The Hall–Kier alpha value is -0.0500. The molecule has 0 rings (SSSR count). The van der Waals surface area contributed by atoms with E-state index in [1.54, 1.807) is 6.92 Å². The second kappa shape index (κ2) is 6.51. The molecular formula is C6H16NO7P. The van der Waals surface area contributed by atoms with Gasteiger partial charge in [-0.3, -0.25) is 9.05 Å². The van der Waals surface area contributed by atoms with Gasteiger partial charge in [0.15, 0.2) is 0 Å². The monoisotopic (exact) mass is 245 g/mol. The summed E-state index contributed by atoms with van der Waals surface area (Å²) in [4.78, 5) is 8.91. The quantitative estimate of drug-likeness (QED) is 0.196. The van der Waals surface area contributed by atoms with E-state index in [-0.39, 0.29) is 19.8 Å². The highest BCUT2D eigenvalue weighted by molar-refractivity contribution is 7.47. The summed E-state index contributed by atoms with van der Waals surface area (Å²) in [5.74, 6) is -2.80. The van der Waals surface area contributed by atoms with Gasteiger partial charge in [-0.25, -0.2) is 4.57 Å². The first-order valence-corrected chi connectivity index (χ1v) is 5.76. The van der Waals surface area contributed by atoms with Gasteiger partial charge < -0.3 is 25.5 Å². The molecule has 0 spiro atoms. The van der Waals surface area contributed by atoms with E-state index in [4.69, 9.17) is 20.2 Å². The van der Waals surface area contributed by atoms with E-state index < -0.39 is 20.3 Å². The van der Waals surface area contributed by atoms with E-state index in [1.807, 2.05) is 0 Å². The summed E-state index contributed by atoms with van der Waals surface area (Å²) in [6.07, 6.45) is 0. The number of aliphatic hydroxyl groups is 3. The van der Waals surface area contributed by atoms with Crippen molar-refractivity contribution in [2.75, 3.05) is 26.3 Å². The normalized spacial score (nSPS) is 16.3. The molecule has 0 aromatic heterocycles. The van der Waals surface area contributed by atoms with Crippen LogP contribution in [0.2, 0.25) is 0 Å². The topological polar surface area (TPSA) is 128 Å². The zero-order valence-corrected chi connectivity index (χ0v) is 9.18. The van der Waals surface area contributed by atoms with Gasteiger partial charge in [0.05, 0.1) is 19.8 Å². The van der Waals surface area contributed by atoms with Crippen LogP contribution in [0.5, 0.6) is 0 Å². The standard InChI is InChI=1S/C6H16NO7P/c1-2-13-15(11,12)14-4-3-7-5-6(8,9)10/h7-10H,2-5H2,1H3,(H,11,12). The van der Waals surface area contributed by atoms with Gasteiger partial charge in [-0.1, -0.05) is 0 Å². The Morgan fingerprint density at radius 1 is 1.33 bits per heavy atom. The lowest BCUT2D eigenvalue weighted by molar-refractivity contribution is -0.306. The van der Waals surface area contributed by atoms with Crippen molar-refractivity contribution in [3.8, 4) is 0 Å². The molecule has 15 heavy (non-hydrogen) atoms. The van der Waals surface area contributed by atoms with Gasteiger partial charge in [0.25, 0.3) is 5.97 Å². The Morgan fingerprint density at radius 2 is 1.93 bits per heavy atom. The summed E-state index contributed by atoms with van der Waals surface area (Å²) >= 11 is 0.